The van der Waals surface area contributed by atoms with E-state index in [1.54, 1.807) is 0 Å². The second kappa shape index (κ2) is 12.0. The van der Waals surface area contributed by atoms with E-state index in [1.807, 2.05) is 74.5 Å². The summed E-state index contributed by atoms with van der Waals surface area (Å²) in [5.74, 6) is 0.0541. The fourth-order valence-corrected chi connectivity index (χ4v) is 4.50. The quantitative estimate of drug-likeness (QED) is 0.504. The molecule has 0 spiro atoms. The highest BCUT2D eigenvalue weighted by molar-refractivity contribution is 5.90. The first-order valence-electron chi connectivity index (χ1n) is 12.2. The Bertz CT molecular complexity index is 878. The number of ketones is 1. The normalized spacial score (nSPS) is 25.4. The zero-order chi connectivity index (χ0) is 23.8. The third-order valence-electron chi connectivity index (χ3n) is 6.60. The van der Waals surface area contributed by atoms with Crippen LogP contribution in [0.25, 0.3) is 0 Å². The van der Waals surface area contributed by atoms with Crippen molar-refractivity contribution in [1.82, 2.24) is 0 Å². The first kappa shape index (κ1) is 25.0. The van der Waals surface area contributed by atoms with Crippen LogP contribution in [0.5, 0.6) is 0 Å². The molecular weight excluding hydrogens is 432 g/mol. The summed E-state index contributed by atoms with van der Waals surface area (Å²) in [5.41, 5.74) is 1.41. The van der Waals surface area contributed by atoms with Crippen molar-refractivity contribution in [3.63, 3.8) is 0 Å². The van der Waals surface area contributed by atoms with Gasteiger partial charge in [-0.25, -0.2) is 0 Å². The van der Waals surface area contributed by atoms with Gasteiger partial charge in [0.25, 0.3) is 0 Å². The molecule has 6 heteroatoms. The fourth-order valence-electron chi connectivity index (χ4n) is 4.50. The van der Waals surface area contributed by atoms with Crippen molar-refractivity contribution in [2.45, 2.75) is 70.9 Å². The molecule has 0 radical (unpaired) electrons. The van der Waals surface area contributed by atoms with E-state index in [4.69, 9.17) is 23.7 Å². The van der Waals surface area contributed by atoms with E-state index in [2.05, 4.69) is 0 Å². The Labute approximate surface area is 202 Å². The highest BCUT2D eigenvalue weighted by Gasteiger charge is 2.50. The fraction of sp³-hybridized carbons (Fsp3) is 0.536. The Kier molecular flexibility index (Phi) is 8.86. The molecule has 3 atom stereocenters. The number of hydrogen-bond donors (Lipinski definition) is 0. The third-order valence-corrected chi connectivity index (χ3v) is 6.60. The first-order chi connectivity index (χ1) is 16.5. The summed E-state index contributed by atoms with van der Waals surface area (Å²) in [4.78, 5) is 13.7. The van der Waals surface area contributed by atoms with Crippen LogP contribution in [-0.2, 0) is 41.7 Å². The highest BCUT2D eigenvalue weighted by atomic mass is 16.7. The van der Waals surface area contributed by atoms with E-state index in [9.17, 15) is 4.79 Å². The molecule has 0 unspecified atom stereocenters. The van der Waals surface area contributed by atoms with Crippen LogP contribution in [0.3, 0.4) is 0 Å². The molecule has 6 nitrogen and oxygen atoms in total. The highest BCUT2D eigenvalue weighted by Crippen LogP contribution is 2.38. The van der Waals surface area contributed by atoms with Gasteiger partial charge in [-0.15, -0.1) is 0 Å². The minimum absolute atomic E-state index is 0.0541. The van der Waals surface area contributed by atoms with E-state index < -0.39 is 17.6 Å². The predicted octanol–water partition coefficient (Wildman–Crippen LogP) is 4.69. The van der Waals surface area contributed by atoms with Crippen molar-refractivity contribution in [3.05, 3.63) is 71.8 Å². The van der Waals surface area contributed by atoms with Crippen LogP contribution in [-0.4, -0.2) is 50.2 Å². The minimum Gasteiger partial charge on any atom is -0.374 e. The van der Waals surface area contributed by atoms with E-state index in [1.165, 1.54) is 0 Å². The SMILES string of the molecule is CC1(C)C(=O)[C@@H](OCc2ccccc2)[C@@H](COCc2ccccc2)O[C@@H]1CCC1OCCCO1. The molecular formula is C28H36O6. The van der Waals surface area contributed by atoms with Gasteiger partial charge in [-0.05, 0) is 24.0 Å². The average Bonchev–Trinajstić information content (AvgIpc) is 2.87. The summed E-state index contributed by atoms with van der Waals surface area (Å²) in [5, 5.41) is 0. The van der Waals surface area contributed by atoms with E-state index in [0.29, 0.717) is 39.3 Å². The first-order valence-corrected chi connectivity index (χ1v) is 12.2. The lowest BCUT2D eigenvalue weighted by Gasteiger charge is -2.45. The molecule has 2 aliphatic rings. The Morgan fingerprint density at radius 1 is 0.882 bits per heavy atom. The number of Topliss-reactive ketones (excluding diaryl/α,β-unsaturated/α-hetero) is 1. The number of carbonyl (C=O) groups excluding carboxylic acids is 1. The molecule has 4 rings (SSSR count). The maximum atomic E-state index is 13.7. The Balaban J connectivity index is 1.43. The van der Waals surface area contributed by atoms with Crippen LogP contribution >= 0.6 is 0 Å². The summed E-state index contributed by atoms with van der Waals surface area (Å²) < 4.78 is 30.1. The van der Waals surface area contributed by atoms with Gasteiger partial charge in [0.1, 0.15) is 12.2 Å². The van der Waals surface area contributed by atoms with Gasteiger partial charge in [-0.2, -0.15) is 0 Å². The van der Waals surface area contributed by atoms with Crippen molar-refractivity contribution < 1.29 is 28.5 Å². The van der Waals surface area contributed by atoms with Crippen LogP contribution in [0.4, 0.5) is 0 Å². The minimum atomic E-state index is -0.690. The van der Waals surface area contributed by atoms with Gasteiger partial charge in [0.15, 0.2) is 12.1 Å². The molecule has 184 valence electrons. The van der Waals surface area contributed by atoms with Gasteiger partial charge >= 0.3 is 0 Å². The summed E-state index contributed by atoms with van der Waals surface area (Å²) in [6.07, 6.45) is 0.606. The van der Waals surface area contributed by atoms with Crippen LogP contribution < -0.4 is 0 Å². The summed E-state index contributed by atoms with van der Waals surface area (Å²) in [6.45, 7) is 6.40. The van der Waals surface area contributed by atoms with Gasteiger partial charge in [0, 0.05) is 6.42 Å². The maximum absolute atomic E-state index is 13.7. The summed E-state index contributed by atoms with van der Waals surface area (Å²) in [7, 11) is 0. The van der Waals surface area contributed by atoms with Crippen LogP contribution in [0.1, 0.15) is 44.2 Å². The molecule has 2 aromatic rings. The molecule has 0 saturated carbocycles. The summed E-state index contributed by atoms with van der Waals surface area (Å²) in [6, 6.07) is 19.9. The third kappa shape index (κ3) is 6.52. The standard InChI is InChI=1S/C28H36O6/c1-28(2)24(14-15-25-31-16-9-17-32-25)34-23(20-30-18-21-10-5-3-6-11-21)26(27(28)29)33-19-22-12-7-4-8-13-22/h3-8,10-13,23-26H,9,14-20H2,1-2H3/t23-,24-,26+/m1/s1. The van der Waals surface area contributed by atoms with Gasteiger partial charge < -0.3 is 23.7 Å². The lowest BCUT2D eigenvalue weighted by molar-refractivity contribution is -0.214. The van der Waals surface area contributed by atoms with Crippen molar-refractivity contribution in [2.24, 2.45) is 5.41 Å². The summed E-state index contributed by atoms with van der Waals surface area (Å²) >= 11 is 0. The molecule has 0 amide bonds. The molecule has 34 heavy (non-hydrogen) atoms. The number of hydrogen-bond acceptors (Lipinski definition) is 6. The van der Waals surface area contributed by atoms with Crippen molar-refractivity contribution >= 4 is 5.78 Å². The number of benzene rings is 2. The number of carbonyl (C=O) groups is 1. The second-order valence-corrected chi connectivity index (χ2v) is 9.57. The molecule has 0 N–H and O–H groups in total. The lowest BCUT2D eigenvalue weighted by atomic mass is 9.74. The molecule has 0 aromatic heterocycles. The molecule has 2 saturated heterocycles. The zero-order valence-electron chi connectivity index (χ0n) is 20.2. The van der Waals surface area contributed by atoms with Crippen LogP contribution in [0.15, 0.2) is 60.7 Å². The van der Waals surface area contributed by atoms with E-state index in [-0.39, 0.29) is 24.8 Å². The van der Waals surface area contributed by atoms with Crippen molar-refractivity contribution in [3.8, 4) is 0 Å². The van der Waals surface area contributed by atoms with E-state index in [0.717, 1.165) is 17.5 Å². The lowest BCUT2D eigenvalue weighted by Crippen LogP contribution is -2.58. The van der Waals surface area contributed by atoms with Crippen LogP contribution in [0, 0.1) is 5.41 Å². The molecule has 2 aliphatic heterocycles. The van der Waals surface area contributed by atoms with E-state index >= 15 is 0 Å². The molecule has 2 aromatic carbocycles. The Hall–Kier alpha value is -2.09. The second-order valence-electron chi connectivity index (χ2n) is 9.57. The van der Waals surface area contributed by atoms with Gasteiger partial charge in [0.2, 0.25) is 0 Å². The van der Waals surface area contributed by atoms with Gasteiger partial charge in [-0.1, -0.05) is 74.5 Å². The smallest absolute Gasteiger partial charge is 0.172 e. The van der Waals surface area contributed by atoms with Crippen molar-refractivity contribution in [2.75, 3.05) is 19.8 Å². The number of ether oxygens (including phenoxy) is 5. The molecule has 0 aliphatic carbocycles. The maximum Gasteiger partial charge on any atom is 0.172 e. The Morgan fingerprint density at radius 3 is 2.15 bits per heavy atom. The topological polar surface area (TPSA) is 63.2 Å². The predicted molar refractivity (Wildman–Crippen MR) is 128 cm³/mol. The number of rotatable bonds is 10. The zero-order valence-corrected chi connectivity index (χ0v) is 20.2. The molecule has 2 heterocycles. The van der Waals surface area contributed by atoms with Gasteiger partial charge in [0.05, 0.1) is 44.6 Å². The van der Waals surface area contributed by atoms with Crippen LogP contribution in [0.2, 0.25) is 0 Å². The Morgan fingerprint density at radius 2 is 1.50 bits per heavy atom. The molecule has 0 bridgehead atoms. The van der Waals surface area contributed by atoms with Crippen molar-refractivity contribution in [1.29, 1.82) is 0 Å². The average molecular weight is 469 g/mol. The van der Waals surface area contributed by atoms with Gasteiger partial charge in [-0.3, -0.25) is 4.79 Å². The largest absolute Gasteiger partial charge is 0.374 e. The monoisotopic (exact) mass is 468 g/mol. The molecule has 2 fully saturated rings.